The number of fused-ring (bicyclic) bond motifs is 4. The van der Waals surface area contributed by atoms with Crippen LogP contribution in [0, 0.1) is 0 Å². The smallest absolute Gasteiger partial charge is 0.497 e. The second-order valence-electron chi connectivity index (χ2n) is 19.5. The topological polar surface area (TPSA) is 411 Å². The minimum absolute atomic E-state index is 0.0178. The SMILES string of the molecule is COc1ccc2c(OS(=O)(=O)Oc3cc(C(=O)N(C)CCOCCOCCOCCN=[N+]=[N-])ccc3O[C@@H]3O[C@H](CO)[C@H](O)[C@H](O)C3O)cc3c(c2c1)[C@H](CCl)CN3C(=O)c1cc2cc(C(C)=O)c(OC3O[C@H](CO)[C@H](O)[C@H](O)[C@H]3O)cc2[nH]1. The Kier molecular flexibility index (Phi) is 21.1. The Bertz CT molecular complexity index is 3330. The summed E-state index contributed by atoms with van der Waals surface area (Å²) in [4.78, 5) is 49.9. The number of carbonyl (C=O) groups excluding carboxylic acids is 3. The van der Waals surface area contributed by atoms with Crippen LogP contribution in [0.5, 0.6) is 28.7 Å². The molecule has 4 heterocycles. The van der Waals surface area contributed by atoms with E-state index in [2.05, 4.69) is 15.0 Å². The number of aliphatic hydroxyl groups is 8. The van der Waals surface area contributed by atoms with Crippen molar-refractivity contribution in [3.05, 3.63) is 93.5 Å². The number of alkyl halides is 1. The number of azide groups is 1. The third-order valence-corrected chi connectivity index (χ3v) is 15.1. The summed E-state index contributed by atoms with van der Waals surface area (Å²) >= 11 is 6.60. The van der Waals surface area contributed by atoms with Gasteiger partial charge in [-0.25, -0.2) is 0 Å². The molecule has 31 heteroatoms. The lowest BCUT2D eigenvalue weighted by atomic mass is 9.95. The molecule has 456 valence electrons. The van der Waals surface area contributed by atoms with Crippen LogP contribution in [0.1, 0.15) is 49.6 Å². The molecule has 0 aliphatic carbocycles. The van der Waals surface area contributed by atoms with E-state index in [0.717, 1.165) is 12.1 Å². The van der Waals surface area contributed by atoms with E-state index in [0.29, 0.717) is 22.1 Å². The van der Waals surface area contributed by atoms with Gasteiger partial charge >= 0.3 is 10.4 Å². The number of aliphatic hydroxyl groups excluding tert-OH is 8. The number of benzene rings is 4. The molecule has 2 amide bonds. The number of nitrogens with one attached hydrogen (secondary N) is 1. The van der Waals surface area contributed by atoms with Gasteiger partial charge < -0.3 is 102 Å². The number of ketones is 1. The molecule has 2 unspecified atom stereocenters. The first-order chi connectivity index (χ1) is 40.2. The zero-order valence-corrected chi connectivity index (χ0v) is 46.9. The van der Waals surface area contributed by atoms with E-state index in [1.807, 2.05) is 0 Å². The van der Waals surface area contributed by atoms with Gasteiger partial charge in [-0.2, -0.15) is 0 Å². The predicted molar refractivity (Wildman–Crippen MR) is 293 cm³/mol. The number of nitrogens with zero attached hydrogens (tertiary/aromatic N) is 5. The van der Waals surface area contributed by atoms with Crippen LogP contribution < -0.4 is 27.5 Å². The van der Waals surface area contributed by atoms with Crippen molar-refractivity contribution in [3.63, 3.8) is 0 Å². The van der Waals surface area contributed by atoms with Gasteiger partial charge in [-0.05, 0) is 71.9 Å². The minimum Gasteiger partial charge on any atom is -0.497 e. The van der Waals surface area contributed by atoms with Crippen molar-refractivity contribution in [1.29, 1.82) is 0 Å². The van der Waals surface area contributed by atoms with E-state index in [1.54, 1.807) is 6.07 Å². The Hall–Kier alpha value is -6.68. The summed E-state index contributed by atoms with van der Waals surface area (Å²) in [5.74, 6) is -3.75. The number of ether oxygens (including phenoxy) is 8. The fourth-order valence-corrected chi connectivity index (χ4v) is 10.6. The fraction of sp³-hybridized carbons (Fsp3) is 0.491. The number of methoxy groups -OCH3 is 1. The van der Waals surface area contributed by atoms with Crippen molar-refractivity contribution in [2.45, 2.75) is 74.3 Å². The number of aromatic amines is 1. The van der Waals surface area contributed by atoms with Gasteiger partial charge in [0.05, 0.1) is 71.2 Å². The number of anilines is 1. The van der Waals surface area contributed by atoms with E-state index in [4.69, 9.17) is 63.4 Å². The van der Waals surface area contributed by atoms with Crippen LogP contribution in [0.3, 0.4) is 0 Å². The molecule has 0 radical (unpaired) electrons. The summed E-state index contributed by atoms with van der Waals surface area (Å²) in [6.45, 7) is 1.09. The number of likely N-dealkylation sites (N-methyl/N-ethyl adjacent to an activating group) is 1. The summed E-state index contributed by atoms with van der Waals surface area (Å²) in [6.07, 6.45) is -17.1. The summed E-state index contributed by atoms with van der Waals surface area (Å²) < 4.78 is 84.7. The highest BCUT2D eigenvalue weighted by Crippen LogP contribution is 2.48. The van der Waals surface area contributed by atoms with E-state index in [-0.39, 0.29) is 110 Å². The van der Waals surface area contributed by atoms with Crippen LogP contribution in [0.2, 0.25) is 0 Å². The van der Waals surface area contributed by atoms with E-state index in [9.17, 15) is 63.7 Å². The van der Waals surface area contributed by atoms with Gasteiger partial charge in [-0.3, -0.25) is 14.4 Å². The standard InChI is InChI=1S/C53H63ClN6O23S/c1-26(63)32-16-28-17-35(57-34(28)20-38(32)79-53-49(69)47(67)45(65)42(25-62)81-53)51(71)60-23-29(22-54)43-33-19-30(74-3)5-6-31(33)39(21-36(43)60)82-84(72,73)83-40-18-27(4-7-37(40)78-52-48(68)46(66)44(64)41(24-61)80-52)50(70)59(2)9-11-76-13-15-77-14-12-75-10-8-56-58-55/h4-7,16-21,29,41-42,44-49,52-53,57,61-62,64-69H,8-15,22-25H2,1-3H3/t29-,41-,42-,44+,45+,46+,47+,48?,49-,52-,53?/m1/s1. The maximum absolute atomic E-state index is 14.8. The number of carbonyl (C=O) groups is 3. The molecule has 2 fully saturated rings. The molecule has 29 nitrogen and oxygen atoms in total. The van der Waals surface area contributed by atoms with Crippen LogP contribution in [0.15, 0.2) is 65.8 Å². The van der Waals surface area contributed by atoms with Crippen LogP contribution in [-0.2, 0) is 34.1 Å². The third-order valence-electron chi connectivity index (χ3n) is 14.0. The average molecular weight is 1220 g/mol. The highest BCUT2D eigenvalue weighted by Gasteiger charge is 2.47. The largest absolute Gasteiger partial charge is 0.501 e. The Morgan fingerprint density at radius 1 is 0.762 bits per heavy atom. The van der Waals surface area contributed by atoms with Gasteiger partial charge in [0.15, 0.2) is 23.0 Å². The minimum atomic E-state index is -5.35. The molecule has 8 rings (SSSR count). The van der Waals surface area contributed by atoms with Crippen molar-refractivity contribution in [1.82, 2.24) is 9.88 Å². The van der Waals surface area contributed by atoms with E-state index < -0.39 is 120 Å². The van der Waals surface area contributed by atoms with Gasteiger partial charge in [-0.15, -0.1) is 20.0 Å². The molecule has 84 heavy (non-hydrogen) atoms. The fourth-order valence-electron chi connectivity index (χ4n) is 9.59. The lowest BCUT2D eigenvalue weighted by molar-refractivity contribution is -0.277. The van der Waals surface area contributed by atoms with Crippen molar-refractivity contribution in [2.75, 3.05) is 97.4 Å². The van der Waals surface area contributed by atoms with Gasteiger partial charge in [0.2, 0.25) is 12.6 Å². The molecule has 3 aliphatic heterocycles. The molecule has 0 bridgehead atoms. The Labute approximate surface area is 484 Å². The predicted octanol–water partition coefficient (Wildman–Crippen LogP) is 1.01. The number of halogens is 1. The van der Waals surface area contributed by atoms with Crippen molar-refractivity contribution in [2.24, 2.45) is 5.11 Å². The van der Waals surface area contributed by atoms with Crippen molar-refractivity contribution >= 4 is 67.0 Å². The monoisotopic (exact) mass is 1220 g/mol. The van der Waals surface area contributed by atoms with Crippen LogP contribution in [0.25, 0.3) is 32.1 Å². The molecule has 1 aromatic heterocycles. The number of hydrogen-bond acceptors (Lipinski definition) is 24. The van der Waals surface area contributed by atoms with Crippen LogP contribution in [0.4, 0.5) is 5.69 Å². The van der Waals surface area contributed by atoms with Gasteiger partial charge in [0.25, 0.3) is 11.8 Å². The molecule has 5 aromatic rings. The first-order valence-electron chi connectivity index (χ1n) is 26.1. The first kappa shape index (κ1) is 63.3. The van der Waals surface area contributed by atoms with Crippen molar-refractivity contribution in [3.8, 4) is 28.7 Å². The highest BCUT2D eigenvalue weighted by atomic mass is 35.5. The Morgan fingerprint density at radius 2 is 1.38 bits per heavy atom. The molecular weight excluding hydrogens is 1160 g/mol. The second-order valence-corrected chi connectivity index (χ2v) is 21.0. The number of amides is 2. The first-order valence-corrected chi connectivity index (χ1v) is 28.0. The third kappa shape index (κ3) is 14.2. The summed E-state index contributed by atoms with van der Waals surface area (Å²) in [7, 11) is -2.49. The zero-order valence-electron chi connectivity index (χ0n) is 45.3. The number of aromatic nitrogens is 1. The number of hydrogen-bond donors (Lipinski definition) is 9. The van der Waals surface area contributed by atoms with Crippen LogP contribution >= 0.6 is 11.6 Å². The quantitative estimate of drug-likeness (QED) is 0.00884. The molecule has 9 N–H and O–H groups in total. The molecular formula is C53H63ClN6O23S. The summed E-state index contributed by atoms with van der Waals surface area (Å²) in [5.41, 5.74) is 9.06. The average Bonchev–Trinajstić information content (AvgIpc) is 3.27. The lowest BCUT2D eigenvalue weighted by Gasteiger charge is -2.39. The number of Topliss-reactive ketones (excluding diaryl/α,β-unsaturated/α-hetero) is 1. The second kappa shape index (κ2) is 28.0. The molecule has 3 aliphatic rings. The number of H-pyrrole nitrogens is 1. The van der Waals surface area contributed by atoms with Crippen LogP contribution in [-0.4, -0.2) is 231 Å². The summed E-state index contributed by atoms with van der Waals surface area (Å²) in [6, 6.07) is 13.5. The Morgan fingerprint density at radius 3 is 1.99 bits per heavy atom. The molecule has 0 spiro atoms. The number of rotatable bonds is 27. The summed E-state index contributed by atoms with van der Waals surface area (Å²) in [5, 5.41) is 87.0. The normalized spacial score (nSPS) is 24.1. The van der Waals surface area contributed by atoms with Gasteiger partial charge in [0.1, 0.15) is 66.0 Å². The maximum Gasteiger partial charge on any atom is 0.501 e. The van der Waals surface area contributed by atoms with Gasteiger partial charge in [0, 0.05) is 77.4 Å². The van der Waals surface area contributed by atoms with Crippen molar-refractivity contribution < 1.29 is 110 Å². The molecule has 2 saturated heterocycles. The molecule has 0 saturated carbocycles. The maximum atomic E-state index is 14.8. The molecule has 11 atom stereocenters. The lowest BCUT2D eigenvalue weighted by Crippen LogP contribution is -2.60. The van der Waals surface area contributed by atoms with E-state index >= 15 is 0 Å². The highest BCUT2D eigenvalue weighted by molar-refractivity contribution is 7.82. The van der Waals surface area contributed by atoms with Gasteiger partial charge in [-0.1, -0.05) is 5.11 Å². The zero-order chi connectivity index (χ0) is 60.6. The molecule has 4 aromatic carbocycles. The van der Waals surface area contributed by atoms with E-state index in [1.165, 1.54) is 73.3 Å². The Balaban J connectivity index is 1.07.